The van der Waals surface area contributed by atoms with Crippen molar-refractivity contribution in [2.45, 2.75) is 103 Å². The number of nitro groups is 1. The third-order valence-electron chi connectivity index (χ3n) is 18.7. The number of aromatic amines is 1. The van der Waals surface area contributed by atoms with Gasteiger partial charge in [0.05, 0.1) is 88.4 Å². The van der Waals surface area contributed by atoms with Crippen molar-refractivity contribution < 1.29 is 51.8 Å². The van der Waals surface area contributed by atoms with E-state index in [2.05, 4.69) is 71.4 Å². The van der Waals surface area contributed by atoms with Gasteiger partial charge < -0.3 is 50.1 Å². The molecule has 536 valence electrons. The summed E-state index contributed by atoms with van der Waals surface area (Å²) in [6, 6.07) is 25.8. The normalized spacial score (nSPS) is 17.0. The number of hydrogen-bond donors (Lipinski definition) is 6. The number of anilines is 2. The molecule has 0 radical (unpaired) electrons. The van der Waals surface area contributed by atoms with Gasteiger partial charge in [0.25, 0.3) is 27.2 Å². The van der Waals surface area contributed by atoms with E-state index in [-0.39, 0.29) is 100.0 Å². The minimum atomic E-state index is -4.76. The Labute approximate surface area is 594 Å². The number of nitro benzene ring substituents is 1. The number of rotatable bonds is 28. The van der Waals surface area contributed by atoms with E-state index in [1.807, 2.05) is 64.1 Å². The Morgan fingerprint density at radius 3 is 2.30 bits per heavy atom. The molecule has 2 fully saturated rings. The molecule has 3 aliphatic rings. The Hall–Kier alpha value is -8.87. The van der Waals surface area contributed by atoms with E-state index in [9.17, 15) is 47.6 Å². The first-order valence-electron chi connectivity index (χ1n) is 33.7. The van der Waals surface area contributed by atoms with Crippen LogP contribution in [0, 0.1) is 27.9 Å². The first kappa shape index (κ1) is 73.4. The van der Waals surface area contributed by atoms with Gasteiger partial charge in [-0.1, -0.05) is 88.2 Å². The highest BCUT2D eigenvalue weighted by Crippen LogP contribution is 2.44. The summed E-state index contributed by atoms with van der Waals surface area (Å²) in [4.78, 5) is 99.4. The predicted molar refractivity (Wildman–Crippen MR) is 388 cm³/mol. The van der Waals surface area contributed by atoms with Crippen molar-refractivity contribution >= 4 is 101 Å². The van der Waals surface area contributed by atoms with Gasteiger partial charge in [-0.15, -0.1) is 11.3 Å². The molecule has 4 amide bonds. The van der Waals surface area contributed by atoms with E-state index in [1.54, 1.807) is 59.0 Å². The van der Waals surface area contributed by atoms with Crippen LogP contribution in [0.3, 0.4) is 0 Å². The maximum Gasteiger partial charge on any atom is 0.293 e. The van der Waals surface area contributed by atoms with E-state index >= 15 is 0 Å². The molecule has 101 heavy (non-hydrogen) atoms. The van der Waals surface area contributed by atoms with Gasteiger partial charge in [-0.25, -0.2) is 32.5 Å². The molecule has 8 aromatic rings. The van der Waals surface area contributed by atoms with Gasteiger partial charge >= 0.3 is 0 Å². The molecule has 1 aliphatic carbocycles. The van der Waals surface area contributed by atoms with Gasteiger partial charge in [0.1, 0.15) is 23.4 Å². The second-order valence-electron chi connectivity index (χ2n) is 27.6. The maximum atomic E-state index is 14.5. The number of H-pyrrole nitrogens is 1. The fourth-order valence-corrected chi connectivity index (χ4v) is 15.1. The number of allylic oxidation sites excluding steroid dienone is 1. The molecule has 6 heterocycles. The van der Waals surface area contributed by atoms with Crippen LogP contribution in [0.2, 0.25) is 5.02 Å². The van der Waals surface area contributed by atoms with Crippen LogP contribution in [-0.4, -0.2) is 180 Å². The lowest BCUT2D eigenvalue weighted by Crippen LogP contribution is -2.57. The van der Waals surface area contributed by atoms with Crippen LogP contribution < -0.4 is 31.1 Å². The van der Waals surface area contributed by atoms with E-state index in [1.165, 1.54) is 38.4 Å². The van der Waals surface area contributed by atoms with Gasteiger partial charge in [0.2, 0.25) is 17.7 Å². The lowest BCUT2D eigenvalue weighted by molar-refractivity contribution is -0.384. The van der Waals surface area contributed by atoms with Crippen molar-refractivity contribution in [2.24, 2.45) is 17.9 Å². The highest BCUT2D eigenvalue weighted by molar-refractivity contribution is 7.90. The number of ether oxygens (including phenoxy) is 3. The number of sulfonamides is 1. The largest absolute Gasteiger partial charge is 0.391 e. The zero-order valence-electron chi connectivity index (χ0n) is 57.7. The highest BCUT2D eigenvalue weighted by atomic mass is 35.5. The number of amides is 4. The molecular weight excluding hydrogens is 1350 g/mol. The van der Waals surface area contributed by atoms with Crippen LogP contribution in [-0.2, 0) is 52.2 Å². The number of nitrogens with zero attached hydrogens (tertiary/aromatic N) is 8. The molecule has 0 unspecified atom stereocenters. The molecule has 29 heteroatoms. The molecule has 0 saturated carbocycles. The van der Waals surface area contributed by atoms with Crippen LogP contribution in [0.15, 0.2) is 124 Å². The Bertz CT molecular complexity index is 4570. The van der Waals surface area contributed by atoms with E-state index in [0.717, 1.165) is 78.4 Å². The SMILES string of the molecule is Cc1ncsc1-c1ccc(CNC(=O)[C@@H]2C[C@@H](O)CN2C(=O)[C@@H](NC(=O)CCOCCOCCOCCNc2ccc(S(=O)(=O)NC(=O)c3ccc(N4CCN(CC5=C(c6ccc(Cl)cc6)CC(C)(C)CC5)CC4)cc3-n3c4cc5cc[nH]c5nc4c(=O)n3C)cc2[N+](=O)[O-])C(C)(C)C)cc1. The monoisotopic (exact) mass is 1440 g/mol. The Kier molecular flexibility index (Phi) is 22.9. The fourth-order valence-electron chi connectivity index (χ4n) is 13.2. The number of aliphatic hydroxyl groups excluding tert-OH is 1. The van der Waals surface area contributed by atoms with Crippen LogP contribution in [0.1, 0.15) is 93.9 Å². The Morgan fingerprint density at radius 1 is 0.901 bits per heavy atom. The molecule has 0 bridgehead atoms. The highest BCUT2D eigenvalue weighted by Gasteiger charge is 2.45. The number of piperazine rings is 1. The van der Waals surface area contributed by atoms with Crippen LogP contribution in [0.5, 0.6) is 0 Å². The Morgan fingerprint density at radius 2 is 1.60 bits per heavy atom. The van der Waals surface area contributed by atoms with E-state index in [0.29, 0.717) is 34.7 Å². The summed E-state index contributed by atoms with van der Waals surface area (Å²) >= 11 is 7.84. The Balaban J connectivity index is 0.639. The van der Waals surface area contributed by atoms with Crippen LogP contribution in [0.4, 0.5) is 17.1 Å². The van der Waals surface area contributed by atoms with Crippen LogP contribution >= 0.6 is 22.9 Å². The van der Waals surface area contributed by atoms with Crippen molar-refractivity contribution in [3.05, 3.63) is 162 Å². The van der Waals surface area contributed by atoms with Crippen molar-refractivity contribution in [1.29, 1.82) is 0 Å². The van der Waals surface area contributed by atoms with Crippen molar-refractivity contribution in [1.82, 2.24) is 49.5 Å². The van der Waals surface area contributed by atoms with Gasteiger partial charge in [-0.2, -0.15) is 0 Å². The predicted octanol–water partition coefficient (Wildman–Crippen LogP) is 8.76. The minimum Gasteiger partial charge on any atom is -0.391 e. The van der Waals surface area contributed by atoms with Gasteiger partial charge in [0.15, 0.2) is 5.52 Å². The third-order valence-corrected chi connectivity index (χ3v) is 21.3. The first-order valence-corrected chi connectivity index (χ1v) is 36.5. The van der Waals surface area contributed by atoms with Crippen LogP contribution in [0.25, 0.3) is 43.8 Å². The number of β-amino-alcohol motifs (C(OH)–C–C–N with tert-alkyl or cyclic N) is 1. The van der Waals surface area contributed by atoms with E-state index in [4.69, 9.17) is 25.8 Å². The second kappa shape index (κ2) is 31.6. The summed E-state index contributed by atoms with van der Waals surface area (Å²) in [5, 5.41) is 33.1. The van der Waals surface area contributed by atoms with E-state index < -0.39 is 78.3 Å². The number of hydrogen-bond acceptors (Lipinski definition) is 19. The number of aryl methyl sites for hydroxylation is 1. The standard InChI is InChI=1S/C72H86ClN13O13S2/c1-45-64(100-44-77-45)48-10-8-46(9-11-48)41-76-68(90)61-38-53(87)43-84(61)70(92)65(71(2,3)4)78-62(88)22-30-97-32-34-99-35-33-98-31-25-74-57-19-17-54(39-59(57)86(93)94)101(95,96)80-67(89)55-18-16-52(37-58(55)85-60-36-49-21-24-75-66(49)79-63(60)69(91)81(85)7)83-28-26-82(27-29-83)42-50-20-23-72(5,6)40-56(50)47-12-14-51(73)15-13-47/h8-19,21,24,36-37,39,44,53,61,65,74,87H,20,22-23,25-35,38,40-43H2,1-7H3,(H,75,79)(H,76,90)(H,78,88)(H,80,89)/t53-,61+,65-/m1/s1. The topological polar surface area (TPSA) is 320 Å². The zero-order valence-corrected chi connectivity index (χ0v) is 60.1. The lowest BCUT2D eigenvalue weighted by Gasteiger charge is -2.39. The smallest absolute Gasteiger partial charge is 0.293 e. The number of pyridine rings is 1. The molecule has 11 rings (SSSR count). The molecule has 26 nitrogen and oxygen atoms in total. The van der Waals surface area contributed by atoms with Gasteiger partial charge in [0, 0.05) is 101 Å². The number of aliphatic hydroxyl groups is 1. The number of aromatic nitrogens is 5. The number of carbonyl (C=O) groups excluding carboxylic acids is 4. The summed E-state index contributed by atoms with van der Waals surface area (Å²) in [6.45, 7) is 16.6. The van der Waals surface area contributed by atoms with Crippen molar-refractivity contribution in [3.8, 4) is 16.1 Å². The van der Waals surface area contributed by atoms with Gasteiger partial charge in [-0.3, -0.25) is 39.0 Å². The average Bonchev–Trinajstić information content (AvgIpc) is 1.61. The molecule has 4 aromatic heterocycles. The summed E-state index contributed by atoms with van der Waals surface area (Å²) in [6.07, 6.45) is 3.84. The zero-order chi connectivity index (χ0) is 71.9. The molecule has 3 atom stereocenters. The summed E-state index contributed by atoms with van der Waals surface area (Å²) < 4.78 is 50.2. The molecule has 2 saturated heterocycles. The average molecular weight is 1440 g/mol. The minimum absolute atomic E-state index is 0.00513. The number of nitrogens with one attached hydrogen (secondary N) is 5. The molecule has 2 aliphatic heterocycles. The lowest BCUT2D eigenvalue weighted by atomic mass is 9.72. The maximum absolute atomic E-state index is 14.5. The third kappa shape index (κ3) is 17.5. The number of benzene rings is 4. The molecule has 0 spiro atoms. The quantitative estimate of drug-likeness (QED) is 0.0152. The second-order valence-corrected chi connectivity index (χ2v) is 30.6. The number of thiazole rings is 1. The van der Waals surface area contributed by atoms with Gasteiger partial charge in [-0.05, 0) is 114 Å². The fraction of sp³-hybridized carbons (Fsp3) is 0.431. The number of likely N-dealkylation sites (tertiary alicyclic amines) is 1. The van der Waals surface area contributed by atoms with Crippen molar-refractivity contribution in [3.63, 3.8) is 0 Å². The first-order chi connectivity index (χ1) is 48.2. The molecule has 4 aromatic carbocycles. The number of carbonyl (C=O) groups is 4. The van der Waals surface area contributed by atoms with Crippen molar-refractivity contribution in [2.75, 3.05) is 95.7 Å². The number of fused-ring (bicyclic) bond motifs is 2. The summed E-state index contributed by atoms with van der Waals surface area (Å²) in [5.74, 6) is -2.36. The summed E-state index contributed by atoms with van der Waals surface area (Å²) in [5.41, 5.74) is 8.87. The molecular formula is C72H86ClN13O13S2. The number of halogens is 1. The summed E-state index contributed by atoms with van der Waals surface area (Å²) in [7, 11) is -3.22. The molecule has 6 N–H and O–H groups in total.